The molecule has 21 heavy (non-hydrogen) atoms. The Labute approximate surface area is 124 Å². The third-order valence-corrected chi connectivity index (χ3v) is 3.26. The van der Waals surface area contributed by atoms with Crippen LogP contribution < -0.4 is 10.2 Å². The fourth-order valence-electron chi connectivity index (χ4n) is 2.14. The Morgan fingerprint density at radius 2 is 2.10 bits per heavy atom. The first kappa shape index (κ1) is 15.0. The van der Waals surface area contributed by atoms with E-state index < -0.39 is 0 Å². The number of amides is 1. The molecule has 110 valence electrons. The van der Waals surface area contributed by atoms with Crippen molar-refractivity contribution in [2.45, 2.75) is 26.2 Å². The fourth-order valence-corrected chi connectivity index (χ4v) is 2.14. The Hall–Kier alpha value is -2.42. The summed E-state index contributed by atoms with van der Waals surface area (Å²) < 4.78 is 0. The van der Waals surface area contributed by atoms with Crippen molar-refractivity contribution in [3.8, 4) is 6.07 Å². The molecule has 1 aromatic heterocycles. The minimum Gasteiger partial charge on any atom is -0.351 e. The molecule has 6 heteroatoms. The summed E-state index contributed by atoms with van der Waals surface area (Å²) in [7, 11) is 0. The van der Waals surface area contributed by atoms with Gasteiger partial charge in [-0.1, -0.05) is 6.92 Å². The number of rotatable bonds is 5. The average molecular weight is 285 g/mol. The second kappa shape index (κ2) is 7.39. The quantitative estimate of drug-likeness (QED) is 0.655. The van der Waals surface area contributed by atoms with E-state index in [2.05, 4.69) is 20.2 Å². The molecule has 1 amide bonds. The molecule has 1 aliphatic rings. The lowest BCUT2D eigenvalue weighted by Crippen LogP contribution is -2.25. The van der Waals surface area contributed by atoms with Crippen molar-refractivity contribution >= 4 is 17.9 Å². The van der Waals surface area contributed by atoms with Gasteiger partial charge in [0.05, 0.1) is 0 Å². The first-order valence-corrected chi connectivity index (χ1v) is 7.21. The molecule has 1 fully saturated rings. The molecule has 0 radical (unpaired) electrons. The summed E-state index contributed by atoms with van der Waals surface area (Å²) in [5.74, 6) is 0.349. The molecule has 6 nitrogen and oxygen atoms in total. The molecule has 1 N–H and O–H groups in total. The number of hydrogen-bond acceptors (Lipinski definition) is 5. The first-order valence-electron chi connectivity index (χ1n) is 7.21. The number of anilines is 1. The van der Waals surface area contributed by atoms with Crippen molar-refractivity contribution in [2.75, 3.05) is 24.5 Å². The Morgan fingerprint density at radius 3 is 2.67 bits per heavy atom. The Morgan fingerprint density at radius 1 is 1.43 bits per heavy atom. The third-order valence-electron chi connectivity index (χ3n) is 3.26. The van der Waals surface area contributed by atoms with Gasteiger partial charge in [-0.2, -0.15) is 5.26 Å². The highest BCUT2D eigenvalue weighted by Gasteiger charge is 2.14. The van der Waals surface area contributed by atoms with Crippen molar-refractivity contribution in [2.24, 2.45) is 0 Å². The maximum Gasteiger partial charge on any atom is 0.261 e. The summed E-state index contributed by atoms with van der Waals surface area (Å²) in [5, 5.41) is 11.7. The van der Waals surface area contributed by atoms with E-state index in [4.69, 9.17) is 5.26 Å². The Balaban J connectivity index is 2.08. The van der Waals surface area contributed by atoms with Gasteiger partial charge in [0.25, 0.3) is 5.91 Å². The molecule has 2 heterocycles. The van der Waals surface area contributed by atoms with Gasteiger partial charge < -0.3 is 10.2 Å². The lowest BCUT2D eigenvalue weighted by molar-refractivity contribution is -0.117. The maximum atomic E-state index is 11.8. The largest absolute Gasteiger partial charge is 0.351 e. The fraction of sp³-hybridized carbons (Fsp3) is 0.467. The number of nitrogens with zero attached hydrogens (tertiary/aromatic N) is 4. The maximum absolute atomic E-state index is 11.8. The first-order chi connectivity index (χ1) is 10.2. The molecular weight excluding hydrogens is 266 g/mol. The molecule has 0 saturated carbocycles. The number of carbonyl (C=O) groups excluding carboxylic acids is 1. The molecule has 0 spiro atoms. The Kier molecular flexibility index (Phi) is 5.27. The van der Waals surface area contributed by atoms with E-state index in [1.807, 2.05) is 13.0 Å². The van der Waals surface area contributed by atoms with Gasteiger partial charge in [-0.15, -0.1) is 0 Å². The SMILES string of the molecule is CCCNC(=O)/C(C#N)=C\c1cnc(N2CCCC2)nc1. The van der Waals surface area contributed by atoms with Gasteiger partial charge in [-0.3, -0.25) is 4.79 Å². The highest BCUT2D eigenvalue weighted by Crippen LogP contribution is 2.15. The zero-order valence-corrected chi connectivity index (χ0v) is 12.2. The molecule has 0 bridgehead atoms. The molecular formula is C15H19N5O. The monoisotopic (exact) mass is 285 g/mol. The second-order valence-electron chi connectivity index (χ2n) is 4.94. The molecule has 0 aromatic carbocycles. The van der Waals surface area contributed by atoms with Gasteiger partial charge in [-0.25, -0.2) is 9.97 Å². The number of hydrogen-bond donors (Lipinski definition) is 1. The van der Waals surface area contributed by atoms with E-state index in [0.29, 0.717) is 18.1 Å². The third kappa shape index (κ3) is 4.02. The molecule has 1 aliphatic heterocycles. The van der Waals surface area contributed by atoms with E-state index in [1.165, 1.54) is 18.9 Å². The van der Waals surface area contributed by atoms with Crippen LogP contribution in [0.4, 0.5) is 5.95 Å². The molecule has 2 rings (SSSR count). The van der Waals surface area contributed by atoms with Crippen LogP contribution in [0.2, 0.25) is 0 Å². The number of aromatic nitrogens is 2. The molecule has 0 atom stereocenters. The highest BCUT2D eigenvalue weighted by molar-refractivity contribution is 6.01. The van der Waals surface area contributed by atoms with Gasteiger partial charge in [0.15, 0.2) is 0 Å². The molecule has 1 aromatic rings. The smallest absolute Gasteiger partial charge is 0.261 e. The van der Waals surface area contributed by atoms with Crippen LogP contribution >= 0.6 is 0 Å². The van der Waals surface area contributed by atoms with Crippen LogP contribution in [-0.2, 0) is 4.79 Å². The van der Waals surface area contributed by atoms with Crippen LogP contribution in [0.3, 0.4) is 0 Å². The van der Waals surface area contributed by atoms with Crippen LogP contribution in [0.1, 0.15) is 31.7 Å². The summed E-state index contributed by atoms with van der Waals surface area (Å²) in [6, 6.07) is 1.91. The summed E-state index contributed by atoms with van der Waals surface area (Å²) in [6.07, 6.45) is 7.97. The van der Waals surface area contributed by atoms with Gasteiger partial charge >= 0.3 is 0 Å². The minimum absolute atomic E-state index is 0.0703. The summed E-state index contributed by atoms with van der Waals surface area (Å²) in [4.78, 5) is 22.5. The van der Waals surface area contributed by atoms with E-state index >= 15 is 0 Å². The van der Waals surface area contributed by atoms with Gasteiger partial charge in [0.1, 0.15) is 11.6 Å². The van der Waals surface area contributed by atoms with Crippen LogP contribution in [0, 0.1) is 11.3 Å². The van der Waals surface area contributed by atoms with E-state index in [-0.39, 0.29) is 11.5 Å². The summed E-state index contributed by atoms with van der Waals surface area (Å²) >= 11 is 0. The second-order valence-corrected chi connectivity index (χ2v) is 4.94. The van der Waals surface area contributed by atoms with Gasteiger partial charge in [-0.05, 0) is 25.3 Å². The lowest BCUT2D eigenvalue weighted by Gasteiger charge is -2.14. The van der Waals surface area contributed by atoms with Crippen molar-refractivity contribution in [1.29, 1.82) is 5.26 Å². The van der Waals surface area contributed by atoms with Gasteiger partial charge in [0, 0.05) is 37.6 Å². The zero-order valence-electron chi connectivity index (χ0n) is 12.2. The van der Waals surface area contributed by atoms with Crippen LogP contribution in [0.5, 0.6) is 0 Å². The predicted octanol–water partition coefficient (Wildman–Crippen LogP) is 1.51. The summed E-state index contributed by atoms with van der Waals surface area (Å²) in [5.41, 5.74) is 0.724. The molecule has 0 aliphatic carbocycles. The van der Waals surface area contributed by atoms with Crippen LogP contribution in [0.15, 0.2) is 18.0 Å². The summed E-state index contributed by atoms with van der Waals surface area (Å²) in [6.45, 7) is 4.49. The number of nitrogens with one attached hydrogen (secondary N) is 1. The number of carbonyl (C=O) groups is 1. The van der Waals surface area contributed by atoms with E-state index in [9.17, 15) is 4.79 Å². The van der Waals surface area contributed by atoms with E-state index in [0.717, 1.165) is 19.5 Å². The van der Waals surface area contributed by atoms with Crippen molar-refractivity contribution in [1.82, 2.24) is 15.3 Å². The standard InChI is InChI=1S/C15H19N5O/c1-2-5-17-14(21)13(9-16)8-12-10-18-15(19-11-12)20-6-3-4-7-20/h8,10-11H,2-7H2,1H3,(H,17,21)/b13-8-. The highest BCUT2D eigenvalue weighted by atomic mass is 16.1. The Bertz CT molecular complexity index is 552. The zero-order chi connectivity index (χ0) is 15.1. The van der Waals surface area contributed by atoms with Crippen LogP contribution in [-0.4, -0.2) is 35.5 Å². The molecule has 1 saturated heterocycles. The van der Waals surface area contributed by atoms with Crippen molar-refractivity contribution in [3.63, 3.8) is 0 Å². The van der Waals surface area contributed by atoms with Crippen LogP contribution in [0.25, 0.3) is 6.08 Å². The number of nitriles is 1. The van der Waals surface area contributed by atoms with Gasteiger partial charge in [0.2, 0.25) is 5.95 Å². The van der Waals surface area contributed by atoms with Crippen molar-refractivity contribution < 1.29 is 4.79 Å². The van der Waals surface area contributed by atoms with E-state index in [1.54, 1.807) is 12.4 Å². The normalized spacial score (nSPS) is 14.9. The minimum atomic E-state index is -0.358. The molecule has 0 unspecified atom stereocenters. The topological polar surface area (TPSA) is 81.9 Å². The average Bonchev–Trinajstić information content (AvgIpc) is 3.05. The lowest BCUT2D eigenvalue weighted by atomic mass is 10.2. The van der Waals surface area contributed by atoms with Crippen molar-refractivity contribution in [3.05, 3.63) is 23.5 Å². The predicted molar refractivity (Wildman–Crippen MR) is 80.4 cm³/mol.